The number of oxazole rings is 1. The lowest BCUT2D eigenvalue weighted by molar-refractivity contribution is 0.380. The van der Waals surface area contributed by atoms with Crippen LogP contribution in [0, 0.1) is 0 Å². The van der Waals surface area contributed by atoms with Crippen molar-refractivity contribution in [3.63, 3.8) is 0 Å². The molecule has 1 heterocycles. The number of aromatic nitrogens is 1. The molecule has 0 aliphatic rings. The lowest BCUT2D eigenvalue weighted by Crippen LogP contribution is -2.28. The second-order valence-corrected chi connectivity index (χ2v) is 8.63. The summed E-state index contributed by atoms with van der Waals surface area (Å²) in [7, 11) is -3.40. The van der Waals surface area contributed by atoms with Crippen molar-refractivity contribution >= 4 is 10.0 Å². The van der Waals surface area contributed by atoms with Crippen LogP contribution in [0.25, 0.3) is 0 Å². The molecule has 0 aliphatic heterocycles. The minimum absolute atomic E-state index is 0.0316. The van der Waals surface area contributed by atoms with Crippen molar-refractivity contribution in [2.75, 3.05) is 5.75 Å². The van der Waals surface area contributed by atoms with E-state index in [9.17, 15) is 8.42 Å². The molecule has 0 radical (unpaired) electrons. The van der Waals surface area contributed by atoms with E-state index in [0.29, 0.717) is 5.89 Å². The number of hydrogen-bond donors (Lipinski definition) is 1. The standard InChI is InChI=1S/C17H24N2O3S/c1-13(14-8-6-5-7-9-14)12-23(20,21)19-11-16-18-10-15(22-16)17(2,3)4/h5-10,13,19H,11-12H2,1-4H3/t13-/m1/s1. The Morgan fingerprint density at radius 1 is 1.22 bits per heavy atom. The second-order valence-electron chi connectivity index (χ2n) is 6.78. The third kappa shape index (κ3) is 5.18. The molecular weight excluding hydrogens is 312 g/mol. The zero-order valence-corrected chi connectivity index (χ0v) is 14.9. The van der Waals surface area contributed by atoms with Crippen LogP contribution in [0.1, 0.15) is 50.8 Å². The molecule has 126 valence electrons. The molecule has 1 atom stereocenters. The van der Waals surface area contributed by atoms with E-state index in [-0.39, 0.29) is 23.6 Å². The summed E-state index contributed by atoms with van der Waals surface area (Å²) < 4.78 is 32.6. The predicted octanol–water partition coefficient (Wildman–Crippen LogP) is 3.20. The van der Waals surface area contributed by atoms with Crippen molar-refractivity contribution in [3.8, 4) is 0 Å². The quantitative estimate of drug-likeness (QED) is 0.879. The number of benzene rings is 1. The smallest absolute Gasteiger partial charge is 0.212 e. The van der Waals surface area contributed by atoms with Crippen LogP contribution in [0.2, 0.25) is 0 Å². The van der Waals surface area contributed by atoms with Crippen LogP contribution in [0.5, 0.6) is 0 Å². The Kier molecular flexibility index (Phi) is 5.26. The SMILES string of the molecule is C[C@H](CS(=O)(=O)NCc1ncc(C(C)(C)C)o1)c1ccccc1. The highest BCUT2D eigenvalue weighted by Crippen LogP contribution is 2.22. The zero-order chi connectivity index (χ0) is 17.1. The number of nitrogens with zero attached hydrogens (tertiary/aromatic N) is 1. The number of sulfonamides is 1. The summed E-state index contributed by atoms with van der Waals surface area (Å²) in [6, 6.07) is 9.60. The molecule has 0 fully saturated rings. The Morgan fingerprint density at radius 3 is 2.43 bits per heavy atom. The molecule has 1 aromatic carbocycles. The number of hydrogen-bond acceptors (Lipinski definition) is 4. The van der Waals surface area contributed by atoms with Crippen molar-refractivity contribution in [2.45, 2.75) is 45.6 Å². The molecule has 1 N–H and O–H groups in total. The molecule has 2 aromatic rings. The fraction of sp³-hybridized carbons (Fsp3) is 0.471. The molecule has 0 saturated heterocycles. The first-order valence-electron chi connectivity index (χ1n) is 7.65. The van der Waals surface area contributed by atoms with Gasteiger partial charge in [-0.05, 0) is 11.5 Å². The molecule has 0 unspecified atom stereocenters. The van der Waals surface area contributed by atoms with Crippen molar-refractivity contribution in [3.05, 3.63) is 53.7 Å². The van der Waals surface area contributed by atoms with Crippen LogP contribution in [0.3, 0.4) is 0 Å². The first-order valence-corrected chi connectivity index (χ1v) is 9.30. The fourth-order valence-electron chi connectivity index (χ4n) is 2.18. The Bertz CT molecular complexity index is 731. The Balaban J connectivity index is 1.95. The third-order valence-corrected chi connectivity index (χ3v) is 5.10. The van der Waals surface area contributed by atoms with Crippen LogP contribution in [-0.2, 0) is 22.0 Å². The Labute approximate surface area is 138 Å². The van der Waals surface area contributed by atoms with Crippen LogP contribution in [-0.4, -0.2) is 19.2 Å². The Morgan fingerprint density at radius 2 is 1.87 bits per heavy atom. The van der Waals surface area contributed by atoms with Gasteiger partial charge in [0, 0.05) is 5.41 Å². The van der Waals surface area contributed by atoms with Gasteiger partial charge in [0.2, 0.25) is 15.9 Å². The van der Waals surface area contributed by atoms with E-state index in [0.717, 1.165) is 11.3 Å². The van der Waals surface area contributed by atoms with Gasteiger partial charge in [-0.3, -0.25) is 0 Å². The highest BCUT2D eigenvalue weighted by Gasteiger charge is 2.21. The maximum atomic E-state index is 12.2. The van der Waals surface area contributed by atoms with Crippen molar-refractivity contribution in [2.24, 2.45) is 0 Å². The molecule has 6 heteroatoms. The van der Waals surface area contributed by atoms with E-state index < -0.39 is 10.0 Å². The van der Waals surface area contributed by atoms with Gasteiger partial charge >= 0.3 is 0 Å². The summed E-state index contributed by atoms with van der Waals surface area (Å²) >= 11 is 0. The molecule has 0 bridgehead atoms. The molecule has 0 amide bonds. The summed E-state index contributed by atoms with van der Waals surface area (Å²) in [6.45, 7) is 8.02. The molecule has 23 heavy (non-hydrogen) atoms. The van der Waals surface area contributed by atoms with Gasteiger partial charge in [0.15, 0.2) is 0 Å². The van der Waals surface area contributed by atoms with Gasteiger partial charge in [-0.25, -0.2) is 18.1 Å². The second kappa shape index (κ2) is 6.84. The van der Waals surface area contributed by atoms with Crippen LogP contribution >= 0.6 is 0 Å². The van der Waals surface area contributed by atoms with E-state index in [1.165, 1.54) is 0 Å². The minimum atomic E-state index is -3.40. The molecule has 5 nitrogen and oxygen atoms in total. The summed E-state index contributed by atoms with van der Waals surface area (Å²) in [5.41, 5.74) is 0.857. The first-order chi connectivity index (χ1) is 10.7. The van der Waals surface area contributed by atoms with E-state index in [2.05, 4.69) is 9.71 Å². The Hall–Kier alpha value is -1.66. The molecule has 0 saturated carbocycles. The predicted molar refractivity (Wildman–Crippen MR) is 90.7 cm³/mol. The van der Waals surface area contributed by atoms with Crippen LogP contribution in [0.4, 0.5) is 0 Å². The summed E-state index contributed by atoms with van der Waals surface area (Å²) in [6.07, 6.45) is 1.65. The van der Waals surface area contributed by atoms with Crippen molar-refractivity contribution < 1.29 is 12.8 Å². The average Bonchev–Trinajstić information content (AvgIpc) is 2.95. The molecular formula is C17H24N2O3S. The van der Waals surface area contributed by atoms with Gasteiger partial charge in [-0.15, -0.1) is 0 Å². The van der Waals surface area contributed by atoms with Crippen molar-refractivity contribution in [1.29, 1.82) is 0 Å². The van der Waals surface area contributed by atoms with Crippen LogP contribution < -0.4 is 4.72 Å². The summed E-state index contributed by atoms with van der Waals surface area (Å²) in [5, 5.41) is 0. The molecule has 1 aromatic heterocycles. The summed E-state index contributed by atoms with van der Waals surface area (Å²) in [4.78, 5) is 4.13. The van der Waals surface area contributed by atoms with Gasteiger partial charge in [-0.1, -0.05) is 58.0 Å². The van der Waals surface area contributed by atoms with E-state index >= 15 is 0 Å². The minimum Gasteiger partial charge on any atom is -0.444 e. The van der Waals surface area contributed by atoms with Gasteiger partial charge in [0.25, 0.3) is 0 Å². The first kappa shape index (κ1) is 17.7. The van der Waals surface area contributed by atoms with Crippen molar-refractivity contribution in [1.82, 2.24) is 9.71 Å². The van der Waals surface area contributed by atoms with E-state index in [1.54, 1.807) is 6.20 Å². The average molecular weight is 336 g/mol. The maximum absolute atomic E-state index is 12.2. The van der Waals surface area contributed by atoms with Gasteiger partial charge in [-0.2, -0.15) is 0 Å². The van der Waals surface area contributed by atoms with Crippen LogP contribution in [0.15, 0.2) is 40.9 Å². The number of rotatable bonds is 6. The summed E-state index contributed by atoms with van der Waals surface area (Å²) in [5.74, 6) is 1.07. The van der Waals surface area contributed by atoms with Gasteiger partial charge in [0.1, 0.15) is 5.76 Å². The van der Waals surface area contributed by atoms with E-state index in [1.807, 2.05) is 58.0 Å². The fourth-order valence-corrected chi connectivity index (χ4v) is 3.49. The topological polar surface area (TPSA) is 72.2 Å². The number of nitrogens with one attached hydrogen (secondary N) is 1. The van der Waals surface area contributed by atoms with Gasteiger partial charge in [0.05, 0.1) is 18.5 Å². The van der Waals surface area contributed by atoms with E-state index in [4.69, 9.17) is 4.42 Å². The highest BCUT2D eigenvalue weighted by atomic mass is 32.2. The molecule has 2 rings (SSSR count). The highest BCUT2D eigenvalue weighted by molar-refractivity contribution is 7.89. The largest absolute Gasteiger partial charge is 0.444 e. The maximum Gasteiger partial charge on any atom is 0.212 e. The monoisotopic (exact) mass is 336 g/mol. The normalized spacial score (nSPS) is 13.9. The molecule has 0 aliphatic carbocycles. The zero-order valence-electron chi connectivity index (χ0n) is 14.0. The third-order valence-electron chi connectivity index (χ3n) is 3.57. The van der Waals surface area contributed by atoms with Gasteiger partial charge < -0.3 is 4.42 Å². The lowest BCUT2D eigenvalue weighted by Gasteiger charge is -2.13. The molecule has 0 spiro atoms. The lowest BCUT2D eigenvalue weighted by atomic mass is 9.94.